The molecule has 2 rings (SSSR count). The Kier molecular flexibility index (Phi) is 6.58. The summed E-state index contributed by atoms with van der Waals surface area (Å²) in [7, 11) is 0. The van der Waals surface area contributed by atoms with Gasteiger partial charge in [-0.3, -0.25) is 4.79 Å². The predicted molar refractivity (Wildman–Crippen MR) is 99.9 cm³/mol. The van der Waals surface area contributed by atoms with Crippen molar-refractivity contribution in [2.75, 3.05) is 18.5 Å². The molecule has 0 saturated carbocycles. The first-order valence-corrected chi connectivity index (χ1v) is 8.56. The van der Waals surface area contributed by atoms with Crippen LogP contribution in [0, 0.1) is 20.8 Å². The minimum absolute atomic E-state index is 0.265. The molecule has 1 amide bonds. The average Bonchev–Trinajstić information content (AvgIpc) is 2.55. The summed E-state index contributed by atoms with van der Waals surface area (Å²) in [6.45, 7) is 5.17. The van der Waals surface area contributed by atoms with Crippen LogP contribution in [0.5, 0.6) is 5.75 Å². The number of nitrogens with one attached hydrogen (secondary N) is 1. The number of anilines is 1. The van der Waals surface area contributed by atoms with Gasteiger partial charge in [0.15, 0.2) is 13.2 Å². The molecule has 5 nitrogen and oxygen atoms in total. The summed E-state index contributed by atoms with van der Waals surface area (Å²) in [6.07, 6.45) is 0. The van der Waals surface area contributed by atoms with Gasteiger partial charge in [0.2, 0.25) is 0 Å². The number of carbonyl (C=O) groups excluding carboxylic acids is 2. The van der Waals surface area contributed by atoms with Crippen molar-refractivity contribution in [1.82, 2.24) is 0 Å². The topological polar surface area (TPSA) is 64.6 Å². The van der Waals surface area contributed by atoms with Crippen molar-refractivity contribution in [3.63, 3.8) is 0 Å². The fraction of sp³-hybridized carbons (Fsp3) is 0.263. The van der Waals surface area contributed by atoms with Crippen LogP contribution in [0.15, 0.2) is 40.9 Å². The highest BCUT2D eigenvalue weighted by atomic mass is 79.9. The molecule has 132 valence electrons. The van der Waals surface area contributed by atoms with Gasteiger partial charge in [-0.1, -0.05) is 18.2 Å². The Hall–Kier alpha value is -2.34. The lowest BCUT2D eigenvalue weighted by Crippen LogP contribution is -2.24. The van der Waals surface area contributed by atoms with Crippen LogP contribution in [0.2, 0.25) is 0 Å². The van der Waals surface area contributed by atoms with Crippen LogP contribution in [-0.4, -0.2) is 25.1 Å². The van der Waals surface area contributed by atoms with Crippen LogP contribution >= 0.6 is 15.9 Å². The Morgan fingerprint density at radius 3 is 2.40 bits per heavy atom. The molecule has 0 aliphatic carbocycles. The quantitative estimate of drug-likeness (QED) is 0.739. The van der Waals surface area contributed by atoms with Crippen LogP contribution in [0.1, 0.15) is 16.7 Å². The first kappa shape index (κ1) is 19.0. The van der Waals surface area contributed by atoms with E-state index < -0.39 is 11.9 Å². The molecule has 0 aromatic heterocycles. The Morgan fingerprint density at radius 2 is 1.68 bits per heavy atom. The number of hydrogen-bond acceptors (Lipinski definition) is 4. The molecule has 0 aliphatic rings. The summed E-state index contributed by atoms with van der Waals surface area (Å²) in [5.41, 5.74) is 3.76. The Balaban J connectivity index is 1.79. The third-order valence-electron chi connectivity index (χ3n) is 3.46. The number of amides is 1. The van der Waals surface area contributed by atoms with Crippen molar-refractivity contribution in [3.05, 3.63) is 57.6 Å². The normalized spacial score (nSPS) is 10.2. The van der Waals surface area contributed by atoms with E-state index in [2.05, 4.69) is 21.2 Å². The van der Waals surface area contributed by atoms with Crippen molar-refractivity contribution >= 4 is 33.5 Å². The molecule has 0 radical (unpaired) electrons. The van der Waals surface area contributed by atoms with Gasteiger partial charge in [-0.15, -0.1) is 0 Å². The Bertz CT molecular complexity index is 789. The number of esters is 1. The van der Waals surface area contributed by atoms with Gasteiger partial charge in [0, 0.05) is 5.69 Å². The molecule has 2 aromatic rings. The maximum atomic E-state index is 11.9. The highest BCUT2D eigenvalue weighted by Gasteiger charge is 2.11. The molecule has 0 atom stereocenters. The van der Waals surface area contributed by atoms with Crippen molar-refractivity contribution in [2.24, 2.45) is 0 Å². The second-order valence-electron chi connectivity index (χ2n) is 5.75. The van der Waals surface area contributed by atoms with E-state index in [1.807, 2.05) is 51.1 Å². The molecule has 0 spiro atoms. The molecule has 1 N–H and O–H groups in total. The number of rotatable bonds is 6. The molecule has 2 aromatic carbocycles. The van der Waals surface area contributed by atoms with Crippen LogP contribution in [0.25, 0.3) is 0 Å². The van der Waals surface area contributed by atoms with Crippen molar-refractivity contribution < 1.29 is 19.1 Å². The molecule has 25 heavy (non-hydrogen) atoms. The minimum Gasteiger partial charge on any atom is -0.481 e. The monoisotopic (exact) mass is 405 g/mol. The van der Waals surface area contributed by atoms with E-state index >= 15 is 0 Å². The molecule has 0 saturated heterocycles. The fourth-order valence-corrected chi connectivity index (χ4v) is 2.71. The number of carbonyl (C=O) groups is 2. The predicted octanol–water partition coefficient (Wildman–Crippen LogP) is 3.94. The molecule has 0 unspecified atom stereocenters. The summed E-state index contributed by atoms with van der Waals surface area (Å²) in [5, 5.41) is 2.73. The molecular formula is C19H20BrNO4. The van der Waals surface area contributed by atoms with E-state index in [0.29, 0.717) is 11.4 Å². The summed E-state index contributed by atoms with van der Waals surface area (Å²) in [4.78, 5) is 23.6. The lowest BCUT2D eigenvalue weighted by atomic mass is 10.1. The van der Waals surface area contributed by atoms with E-state index in [-0.39, 0.29) is 13.2 Å². The van der Waals surface area contributed by atoms with Gasteiger partial charge < -0.3 is 14.8 Å². The standard InChI is InChI=1S/C19H20BrNO4/c1-12-5-7-17(15(20)8-12)24-11-19(23)25-10-18(22)21-16-9-13(2)4-6-14(16)3/h4-9H,10-11H2,1-3H3,(H,21,22). The third kappa shape index (κ3) is 5.90. The highest BCUT2D eigenvalue weighted by molar-refractivity contribution is 9.10. The summed E-state index contributed by atoms with van der Waals surface area (Å²) >= 11 is 3.37. The van der Waals surface area contributed by atoms with Crippen LogP contribution < -0.4 is 10.1 Å². The van der Waals surface area contributed by atoms with E-state index in [9.17, 15) is 9.59 Å². The fourth-order valence-electron chi connectivity index (χ4n) is 2.10. The molecule has 6 heteroatoms. The third-order valence-corrected chi connectivity index (χ3v) is 4.08. The van der Waals surface area contributed by atoms with Crippen LogP contribution in [-0.2, 0) is 14.3 Å². The zero-order chi connectivity index (χ0) is 18.4. The van der Waals surface area contributed by atoms with E-state index in [0.717, 1.165) is 21.2 Å². The maximum Gasteiger partial charge on any atom is 0.344 e. The summed E-state index contributed by atoms with van der Waals surface area (Å²) in [6, 6.07) is 11.3. The van der Waals surface area contributed by atoms with E-state index in [1.165, 1.54) is 0 Å². The zero-order valence-corrected chi connectivity index (χ0v) is 16.0. The molecule has 0 heterocycles. The van der Waals surface area contributed by atoms with Gasteiger partial charge in [-0.2, -0.15) is 0 Å². The molecule has 0 fully saturated rings. The number of halogens is 1. The van der Waals surface area contributed by atoms with Gasteiger partial charge in [-0.25, -0.2) is 4.79 Å². The van der Waals surface area contributed by atoms with Gasteiger partial charge in [0.1, 0.15) is 5.75 Å². The van der Waals surface area contributed by atoms with Gasteiger partial charge in [0.05, 0.1) is 4.47 Å². The van der Waals surface area contributed by atoms with Crippen molar-refractivity contribution in [3.8, 4) is 5.75 Å². The number of aryl methyl sites for hydroxylation is 3. The van der Waals surface area contributed by atoms with Gasteiger partial charge in [-0.05, 0) is 71.6 Å². The average molecular weight is 406 g/mol. The maximum absolute atomic E-state index is 11.9. The van der Waals surface area contributed by atoms with E-state index in [4.69, 9.17) is 9.47 Å². The highest BCUT2D eigenvalue weighted by Crippen LogP contribution is 2.25. The van der Waals surface area contributed by atoms with Gasteiger partial charge in [0.25, 0.3) is 5.91 Å². The summed E-state index contributed by atoms with van der Waals surface area (Å²) < 4.78 is 11.1. The first-order chi connectivity index (χ1) is 11.8. The van der Waals surface area contributed by atoms with Gasteiger partial charge >= 0.3 is 5.97 Å². The Labute approximate surface area is 155 Å². The van der Waals surface area contributed by atoms with E-state index in [1.54, 1.807) is 6.07 Å². The summed E-state index contributed by atoms with van der Waals surface area (Å²) in [5.74, 6) is -0.454. The minimum atomic E-state index is -0.608. The lowest BCUT2D eigenvalue weighted by molar-refractivity contribution is -0.149. The molecule has 0 bridgehead atoms. The number of benzene rings is 2. The number of ether oxygens (including phenoxy) is 2. The zero-order valence-electron chi connectivity index (χ0n) is 14.4. The number of hydrogen-bond donors (Lipinski definition) is 1. The van der Waals surface area contributed by atoms with Crippen LogP contribution in [0.4, 0.5) is 5.69 Å². The SMILES string of the molecule is Cc1ccc(OCC(=O)OCC(=O)Nc2cc(C)ccc2C)c(Br)c1. The second kappa shape index (κ2) is 8.67. The lowest BCUT2D eigenvalue weighted by Gasteiger charge is -2.11. The van der Waals surface area contributed by atoms with Crippen molar-refractivity contribution in [1.29, 1.82) is 0 Å². The molecular weight excluding hydrogens is 386 g/mol. The smallest absolute Gasteiger partial charge is 0.344 e. The van der Waals surface area contributed by atoms with Crippen LogP contribution in [0.3, 0.4) is 0 Å². The second-order valence-corrected chi connectivity index (χ2v) is 6.60. The van der Waals surface area contributed by atoms with Crippen molar-refractivity contribution in [2.45, 2.75) is 20.8 Å². The first-order valence-electron chi connectivity index (χ1n) is 7.77. The largest absolute Gasteiger partial charge is 0.481 e. The Morgan fingerprint density at radius 1 is 1.00 bits per heavy atom. The molecule has 0 aliphatic heterocycles.